The Labute approximate surface area is 295 Å². The monoisotopic (exact) mass is 713 g/mol. The maximum absolute atomic E-state index is 14.0. The average Bonchev–Trinajstić information content (AvgIpc) is 3.49. The molecule has 274 valence electrons. The predicted molar refractivity (Wildman–Crippen MR) is 190 cm³/mol. The number of hydrogen-bond donors (Lipinski definition) is 2. The Morgan fingerprint density at radius 1 is 1.02 bits per heavy atom. The molecular formula is C35H51N7O7S. The van der Waals surface area contributed by atoms with E-state index >= 15 is 0 Å². The number of phenolic OH excluding ortho intramolecular Hbond substituents is 1. The van der Waals surface area contributed by atoms with Crippen LogP contribution in [0.15, 0.2) is 36.4 Å². The van der Waals surface area contributed by atoms with Gasteiger partial charge >= 0.3 is 12.1 Å². The van der Waals surface area contributed by atoms with Crippen molar-refractivity contribution in [1.29, 1.82) is 0 Å². The van der Waals surface area contributed by atoms with Crippen molar-refractivity contribution in [3.63, 3.8) is 0 Å². The van der Waals surface area contributed by atoms with Gasteiger partial charge in [0.2, 0.25) is 0 Å². The summed E-state index contributed by atoms with van der Waals surface area (Å²) in [5, 5.41) is 13.4. The zero-order valence-corrected chi connectivity index (χ0v) is 30.6. The molecule has 3 aliphatic heterocycles. The van der Waals surface area contributed by atoms with Gasteiger partial charge in [-0.2, -0.15) is 17.0 Å². The van der Waals surface area contributed by atoms with E-state index in [1.807, 2.05) is 34.1 Å². The molecule has 2 aromatic carbocycles. The average molecular weight is 714 g/mol. The van der Waals surface area contributed by atoms with E-state index in [0.717, 1.165) is 23.2 Å². The first kappa shape index (κ1) is 37.3. The number of carbonyl (C=O) groups is 3. The number of aromatic hydroxyl groups is 1. The normalized spacial score (nSPS) is 18.3. The summed E-state index contributed by atoms with van der Waals surface area (Å²) in [6, 6.07) is 11.2. The summed E-state index contributed by atoms with van der Waals surface area (Å²) >= 11 is 0. The van der Waals surface area contributed by atoms with Gasteiger partial charge in [0.05, 0.1) is 6.67 Å². The smallest absolute Gasteiger partial charge is 0.410 e. The number of likely N-dealkylation sites (tertiary alicyclic amines) is 1. The lowest BCUT2D eigenvalue weighted by molar-refractivity contribution is -0.140. The van der Waals surface area contributed by atoms with E-state index in [1.165, 1.54) is 22.7 Å². The van der Waals surface area contributed by atoms with Crippen molar-refractivity contribution in [2.45, 2.75) is 58.6 Å². The molecule has 50 heavy (non-hydrogen) atoms. The summed E-state index contributed by atoms with van der Waals surface area (Å²) in [6.07, 6.45) is 0.390. The van der Waals surface area contributed by atoms with Crippen LogP contribution < -0.4 is 5.32 Å². The van der Waals surface area contributed by atoms with Crippen molar-refractivity contribution in [3.8, 4) is 5.75 Å². The summed E-state index contributed by atoms with van der Waals surface area (Å²) in [6.45, 7) is 9.06. The number of likely N-dealkylation sites (N-methyl/N-ethyl adjacent to an activating group) is 1. The topological polar surface area (TPSA) is 146 Å². The number of fused-ring (bicyclic) bond motifs is 1. The SMILES string of the molecule is CCN(CCN1CCN(C(=O)[C@@H](Cc2cc(C)c(O)c(C)c2)OC(=O)N2CCC(N3CCc4ccccc4NC3=O)CC2)C1)S(=O)(=O)N(C)C. The molecule has 0 unspecified atom stereocenters. The van der Waals surface area contributed by atoms with E-state index in [4.69, 9.17) is 4.74 Å². The minimum absolute atomic E-state index is 0.0272. The van der Waals surface area contributed by atoms with Gasteiger partial charge in [0.1, 0.15) is 5.75 Å². The summed E-state index contributed by atoms with van der Waals surface area (Å²) < 4.78 is 33.9. The third kappa shape index (κ3) is 8.50. The number of nitrogens with one attached hydrogen (secondary N) is 1. The molecule has 0 saturated carbocycles. The van der Waals surface area contributed by atoms with E-state index in [1.54, 1.807) is 42.7 Å². The van der Waals surface area contributed by atoms with Crippen molar-refractivity contribution < 1.29 is 32.6 Å². The number of urea groups is 1. The lowest BCUT2D eigenvalue weighted by Crippen LogP contribution is -2.51. The number of carbonyl (C=O) groups excluding carboxylic acids is 3. The van der Waals surface area contributed by atoms with Gasteiger partial charge in [-0.25, -0.2) is 9.59 Å². The highest BCUT2D eigenvalue weighted by Crippen LogP contribution is 2.27. The van der Waals surface area contributed by atoms with Gasteiger partial charge in [0.25, 0.3) is 16.1 Å². The van der Waals surface area contributed by atoms with Crippen LogP contribution >= 0.6 is 0 Å². The molecule has 2 fully saturated rings. The van der Waals surface area contributed by atoms with E-state index in [2.05, 4.69) is 5.32 Å². The molecule has 2 aromatic rings. The molecule has 4 amide bonds. The Kier molecular flexibility index (Phi) is 11.9. The van der Waals surface area contributed by atoms with Crippen molar-refractivity contribution >= 4 is 33.9 Å². The first-order valence-electron chi connectivity index (χ1n) is 17.4. The molecule has 0 bridgehead atoms. The molecule has 0 aromatic heterocycles. The maximum Gasteiger partial charge on any atom is 0.410 e. The highest BCUT2D eigenvalue weighted by Gasteiger charge is 2.36. The van der Waals surface area contributed by atoms with Crippen LogP contribution in [0.1, 0.15) is 42.0 Å². The standard InChI is InChI=1S/C35H51N7O7S/c1-6-41(50(47,48)37(4)5)20-18-38-17-19-40(24-38)33(44)31(23-27-21-25(2)32(43)26(3)22-27)49-35(46)39-14-12-29(13-15-39)42-16-11-28-9-7-8-10-30(28)36-34(42)45/h7-10,21-22,29,31,43H,6,11-20,23-24H2,1-5H3,(H,36,45)/t31-/m1/s1. The Balaban J connectivity index is 1.22. The van der Waals surface area contributed by atoms with Crippen LogP contribution in [-0.4, -0.2) is 145 Å². The Morgan fingerprint density at radius 2 is 1.70 bits per heavy atom. The molecule has 0 radical (unpaired) electrons. The zero-order chi connectivity index (χ0) is 36.2. The molecule has 1 atom stereocenters. The number of piperidine rings is 1. The van der Waals surface area contributed by atoms with Crippen LogP contribution in [0.3, 0.4) is 0 Å². The van der Waals surface area contributed by atoms with Gasteiger partial charge in [-0.3, -0.25) is 9.69 Å². The minimum atomic E-state index is -3.56. The number of amides is 4. The molecule has 3 heterocycles. The minimum Gasteiger partial charge on any atom is -0.507 e. The summed E-state index contributed by atoms with van der Waals surface area (Å²) in [5.41, 5.74) is 4.03. The van der Waals surface area contributed by atoms with Crippen LogP contribution in [0.25, 0.3) is 0 Å². The highest BCUT2D eigenvalue weighted by molar-refractivity contribution is 7.86. The largest absolute Gasteiger partial charge is 0.507 e. The van der Waals surface area contributed by atoms with Gasteiger partial charge in [0, 0.05) is 84.6 Å². The Morgan fingerprint density at radius 3 is 2.36 bits per heavy atom. The maximum atomic E-state index is 14.0. The molecule has 2 N–H and O–H groups in total. The van der Waals surface area contributed by atoms with Crippen molar-refractivity contribution in [2.75, 3.05) is 78.4 Å². The number of para-hydroxylation sites is 1. The molecule has 3 aliphatic rings. The van der Waals surface area contributed by atoms with Crippen LogP contribution in [0, 0.1) is 13.8 Å². The summed E-state index contributed by atoms with van der Waals surface area (Å²) in [7, 11) is -0.557. The first-order chi connectivity index (χ1) is 23.8. The van der Waals surface area contributed by atoms with Crippen LogP contribution in [-0.2, 0) is 32.6 Å². The van der Waals surface area contributed by atoms with Crippen LogP contribution in [0.5, 0.6) is 5.75 Å². The Bertz CT molecular complexity index is 1640. The van der Waals surface area contributed by atoms with E-state index < -0.39 is 22.4 Å². The lowest BCUT2D eigenvalue weighted by atomic mass is 10.0. The summed E-state index contributed by atoms with van der Waals surface area (Å²) in [5.74, 6) is -0.140. The van der Waals surface area contributed by atoms with Gasteiger partial charge in [0.15, 0.2) is 6.10 Å². The number of hydrogen-bond acceptors (Lipinski definition) is 8. The third-order valence-corrected chi connectivity index (χ3v) is 12.0. The molecule has 0 aliphatic carbocycles. The van der Waals surface area contributed by atoms with E-state index in [0.29, 0.717) is 69.8 Å². The molecule has 14 nitrogen and oxygen atoms in total. The number of rotatable bonds is 11. The second kappa shape index (κ2) is 16.0. The third-order valence-electron chi connectivity index (χ3n) is 9.97. The zero-order valence-electron chi connectivity index (χ0n) is 29.8. The van der Waals surface area contributed by atoms with Crippen molar-refractivity contribution in [1.82, 2.24) is 28.2 Å². The molecule has 15 heteroatoms. The van der Waals surface area contributed by atoms with E-state index in [-0.39, 0.29) is 43.4 Å². The van der Waals surface area contributed by atoms with Gasteiger partial charge in [-0.15, -0.1) is 0 Å². The second-order valence-electron chi connectivity index (χ2n) is 13.5. The van der Waals surface area contributed by atoms with E-state index in [9.17, 15) is 27.9 Å². The summed E-state index contributed by atoms with van der Waals surface area (Å²) in [4.78, 5) is 47.8. The number of anilines is 1. The number of ether oxygens (including phenoxy) is 1. The predicted octanol–water partition coefficient (Wildman–Crippen LogP) is 2.84. The number of nitrogens with zero attached hydrogens (tertiary/aromatic N) is 6. The van der Waals surface area contributed by atoms with Crippen molar-refractivity contribution in [3.05, 3.63) is 58.7 Å². The Hall–Kier alpha value is -3.92. The number of benzene rings is 2. The number of aryl methyl sites for hydroxylation is 2. The van der Waals surface area contributed by atoms with Gasteiger partial charge in [-0.05, 0) is 61.4 Å². The van der Waals surface area contributed by atoms with Gasteiger partial charge < -0.3 is 29.9 Å². The fraction of sp³-hybridized carbons (Fsp3) is 0.571. The van der Waals surface area contributed by atoms with Gasteiger partial charge in [-0.1, -0.05) is 37.3 Å². The number of phenols is 1. The highest BCUT2D eigenvalue weighted by atomic mass is 32.2. The van der Waals surface area contributed by atoms with Crippen LogP contribution in [0.2, 0.25) is 0 Å². The fourth-order valence-electron chi connectivity index (χ4n) is 6.98. The first-order valence-corrected chi connectivity index (χ1v) is 18.8. The quantitative estimate of drug-likeness (QED) is 0.362. The van der Waals surface area contributed by atoms with Crippen LogP contribution in [0.4, 0.5) is 15.3 Å². The molecule has 2 saturated heterocycles. The second-order valence-corrected chi connectivity index (χ2v) is 15.7. The van der Waals surface area contributed by atoms with Crippen molar-refractivity contribution in [2.24, 2.45) is 0 Å². The molecule has 0 spiro atoms. The molecular weight excluding hydrogens is 662 g/mol. The lowest BCUT2D eigenvalue weighted by Gasteiger charge is -2.38. The fourth-order valence-corrected chi connectivity index (χ4v) is 8.08. The molecule has 5 rings (SSSR count).